The molecule has 2 aliphatic heterocycles. The maximum Gasteiger partial charge on any atom is 0.338 e. The average molecular weight is 317 g/mol. The molecule has 1 aromatic rings. The molecule has 0 saturated carbocycles. The molecule has 23 heavy (non-hydrogen) atoms. The van der Waals surface area contributed by atoms with Crippen LogP contribution in [0.2, 0.25) is 0 Å². The number of methoxy groups -OCH3 is 1. The Kier molecular flexibility index (Phi) is 4.98. The molecule has 3 atom stereocenters. The number of carbonyl (C=O) groups is 1. The summed E-state index contributed by atoms with van der Waals surface area (Å²) in [5, 5.41) is 10.2. The predicted molar refractivity (Wildman–Crippen MR) is 85.9 cm³/mol. The number of piperidine rings is 1. The normalized spacial score (nSPS) is 26.9. The molecule has 2 bridgehead atoms. The first-order chi connectivity index (χ1) is 11.2. The van der Waals surface area contributed by atoms with Crippen LogP contribution in [-0.2, 0) is 20.9 Å². The standard InChI is InChI=1S/C18H23NO4/c1-22-18(21)16-10-19-9-14(17(16)20)7-8-15(19)12-23-11-13-5-3-2-4-6-13/h2-6,14-15,20H,7-12H2,1H3. The summed E-state index contributed by atoms with van der Waals surface area (Å²) >= 11 is 0. The number of carbonyl (C=O) groups excluding carboxylic acids is 1. The van der Waals surface area contributed by atoms with Gasteiger partial charge < -0.3 is 14.6 Å². The third-order valence-electron chi connectivity index (χ3n) is 4.73. The Balaban J connectivity index is 1.58. The molecule has 5 heteroatoms. The Labute approximate surface area is 136 Å². The minimum Gasteiger partial charge on any atom is -0.511 e. The summed E-state index contributed by atoms with van der Waals surface area (Å²) in [6.45, 7) is 2.45. The first-order valence-electron chi connectivity index (χ1n) is 8.05. The summed E-state index contributed by atoms with van der Waals surface area (Å²) in [6, 6.07) is 10.4. The fourth-order valence-corrected chi connectivity index (χ4v) is 3.42. The van der Waals surface area contributed by atoms with Gasteiger partial charge in [-0.25, -0.2) is 4.79 Å². The Hall–Kier alpha value is -1.85. The molecule has 2 heterocycles. The van der Waals surface area contributed by atoms with Crippen molar-refractivity contribution >= 4 is 5.97 Å². The minimum absolute atomic E-state index is 0.0447. The van der Waals surface area contributed by atoms with Gasteiger partial charge in [0, 0.05) is 25.0 Å². The van der Waals surface area contributed by atoms with Gasteiger partial charge in [0.15, 0.2) is 0 Å². The van der Waals surface area contributed by atoms with E-state index in [1.54, 1.807) is 0 Å². The van der Waals surface area contributed by atoms with Crippen LogP contribution in [0.15, 0.2) is 41.7 Å². The largest absolute Gasteiger partial charge is 0.511 e. The average Bonchev–Trinajstić information content (AvgIpc) is 2.60. The van der Waals surface area contributed by atoms with Crippen LogP contribution in [-0.4, -0.2) is 48.8 Å². The molecule has 1 fully saturated rings. The molecule has 1 N–H and O–H groups in total. The smallest absolute Gasteiger partial charge is 0.338 e. The van der Waals surface area contributed by atoms with Gasteiger partial charge >= 0.3 is 5.97 Å². The lowest BCUT2D eigenvalue weighted by molar-refractivity contribution is -0.137. The fraction of sp³-hybridized carbons (Fsp3) is 0.500. The molecule has 0 aromatic heterocycles. The molecule has 0 spiro atoms. The van der Waals surface area contributed by atoms with Crippen LogP contribution in [0.1, 0.15) is 18.4 Å². The zero-order valence-electron chi connectivity index (χ0n) is 13.4. The monoisotopic (exact) mass is 317 g/mol. The number of aliphatic hydroxyl groups excluding tert-OH is 1. The molecular weight excluding hydrogens is 294 g/mol. The van der Waals surface area contributed by atoms with E-state index in [0.717, 1.165) is 24.9 Å². The van der Waals surface area contributed by atoms with Crippen molar-refractivity contribution in [3.05, 3.63) is 47.2 Å². The van der Waals surface area contributed by atoms with Crippen LogP contribution < -0.4 is 0 Å². The molecule has 0 radical (unpaired) electrons. The highest BCUT2D eigenvalue weighted by atomic mass is 16.5. The highest BCUT2D eigenvalue weighted by Crippen LogP contribution is 2.33. The number of fused-ring (bicyclic) bond motifs is 2. The summed E-state index contributed by atoms with van der Waals surface area (Å²) in [4.78, 5) is 14.0. The third kappa shape index (κ3) is 3.57. The van der Waals surface area contributed by atoms with Gasteiger partial charge in [-0.15, -0.1) is 0 Å². The van der Waals surface area contributed by atoms with E-state index in [-0.39, 0.29) is 17.7 Å². The number of hydrogen-bond acceptors (Lipinski definition) is 5. The number of rotatable bonds is 5. The van der Waals surface area contributed by atoms with Gasteiger partial charge in [-0.2, -0.15) is 0 Å². The van der Waals surface area contributed by atoms with E-state index in [1.807, 2.05) is 30.3 Å². The highest BCUT2D eigenvalue weighted by Gasteiger charge is 2.38. The lowest BCUT2D eigenvalue weighted by atomic mass is 9.85. The van der Waals surface area contributed by atoms with Crippen LogP contribution in [0.4, 0.5) is 0 Å². The zero-order chi connectivity index (χ0) is 16.2. The second-order valence-corrected chi connectivity index (χ2v) is 6.21. The molecule has 0 aliphatic carbocycles. The summed E-state index contributed by atoms with van der Waals surface area (Å²) in [6.07, 6.45) is 1.85. The van der Waals surface area contributed by atoms with E-state index < -0.39 is 5.97 Å². The summed E-state index contributed by atoms with van der Waals surface area (Å²) in [5.41, 5.74) is 1.56. The minimum atomic E-state index is -0.428. The molecule has 5 nitrogen and oxygen atoms in total. The summed E-state index contributed by atoms with van der Waals surface area (Å²) in [7, 11) is 1.35. The Morgan fingerprint density at radius 2 is 2.09 bits per heavy atom. The van der Waals surface area contributed by atoms with Gasteiger partial charge in [-0.1, -0.05) is 30.3 Å². The van der Waals surface area contributed by atoms with E-state index in [4.69, 9.17) is 9.47 Å². The Morgan fingerprint density at radius 1 is 1.30 bits per heavy atom. The molecule has 1 saturated heterocycles. The Morgan fingerprint density at radius 3 is 2.83 bits per heavy atom. The van der Waals surface area contributed by atoms with Gasteiger partial charge in [0.05, 0.1) is 25.9 Å². The van der Waals surface area contributed by atoms with Crippen molar-refractivity contribution in [1.82, 2.24) is 4.90 Å². The van der Waals surface area contributed by atoms with Crippen molar-refractivity contribution in [3.63, 3.8) is 0 Å². The highest BCUT2D eigenvalue weighted by molar-refractivity contribution is 5.89. The van der Waals surface area contributed by atoms with Gasteiger partial charge in [0.1, 0.15) is 5.76 Å². The maximum atomic E-state index is 11.8. The van der Waals surface area contributed by atoms with Crippen molar-refractivity contribution < 1.29 is 19.4 Å². The van der Waals surface area contributed by atoms with Crippen molar-refractivity contribution in [3.8, 4) is 0 Å². The number of ether oxygens (including phenoxy) is 2. The van der Waals surface area contributed by atoms with E-state index in [1.165, 1.54) is 7.11 Å². The topological polar surface area (TPSA) is 59.0 Å². The Bertz CT molecular complexity index is 584. The lowest BCUT2D eigenvalue weighted by Crippen LogP contribution is -2.50. The van der Waals surface area contributed by atoms with Crippen LogP contribution in [0.5, 0.6) is 0 Å². The molecule has 3 unspecified atom stereocenters. The van der Waals surface area contributed by atoms with Gasteiger partial charge in [0.2, 0.25) is 0 Å². The molecule has 2 aliphatic rings. The van der Waals surface area contributed by atoms with Gasteiger partial charge in [-0.05, 0) is 18.4 Å². The van der Waals surface area contributed by atoms with Crippen LogP contribution >= 0.6 is 0 Å². The van der Waals surface area contributed by atoms with E-state index >= 15 is 0 Å². The van der Waals surface area contributed by atoms with Gasteiger partial charge in [0.25, 0.3) is 0 Å². The van der Waals surface area contributed by atoms with Crippen molar-refractivity contribution in [2.24, 2.45) is 5.92 Å². The molecule has 1 aromatic carbocycles. The molecule has 3 rings (SSSR count). The maximum absolute atomic E-state index is 11.8. The quantitative estimate of drug-likeness (QED) is 0.844. The SMILES string of the molecule is COC(=O)C1=C(O)C2CCC(COCc3ccccc3)N(C1)C2. The number of benzene rings is 1. The first-order valence-corrected chi connectivity index (χ1v) is 8.05. The summed E-state index contributed by atoms with van der Waals surface area (Å²) in [5.74, 6) is -0.164. The third-order valence-corrected chi connectivity index (χ3v) is 4.73. The number of aliphatic hydroxyl groups is 1. The zero-order valence-corrected chi connectivity index (χ0v) is 13.4. The molecular formula is C18H23NO4. The molecule has 0 amide bonds. The predicted octanol–water partition coefficient (Wildman–Crippen LogP) is 2.28. The van der Waals surface area contributed by atoms with Crippen molar-refractivity contribution in [2.75, 3.05) is 26.8 Å². The second kappa shape index (κ2) is 7.15. The number of nitrogens with zero attached hydrogens (tertiary/aromatic N) is 1. The van der Waals surface area contributed by atoms with Crippen molar-refractivity contribution in [1.29, 1.82) is 0 Å². The molecule has 124 valence electrons. The van der Waals surface area contributed by atoms with E-state index in [9.17, 15) is 9.90 Å². The number of hydrogen-bond donors (Lipinski definition) is 1. The number of esters is 1. The van der Waals surface area contributed by atoms with Crippen LogP contribution in [0, 0.1) is 5.92 Å². The van der Waals surface area contributed by atoms with Gasteiger partial charge in [-0.3, -0.25) is 4.90 Å². The lowest BCUT2D eigenvalue weighted by Gasteiger charge is -2.43. The van der Waals surface area contributed by atoms with Crippen LogP contribution in [0.3, 0.4) is 0 Å². The second-order valence-electron chi connectivity index (χ2n) is 6.21. The van der Waals surface area contributed by atoms with E-state index in [2.05, 4.69) is 4.90 Å². The van der Waals surface area contributed by atoms with E-state index in [0.29, 0.717) is 25.3 Å². The first kappa shape index (κ1) is 16.0. The van der Waals surface area contributed by atoms with Crippen molar-refractivity contribution in [2.45, 2.75) is 25.5 Å². The summed E-state index contributed by atoms with van der Waals surface area (Å²) < 4.78 is 10.6. The van der Waals surface area contributed by atoms with Crippen LogP contribution in [0.25, 0.3) is 0 Å². The fourth-order valence-electron chi connectivity index (χ4n) is 3.42.